The van der Waals surface area contributed by atoms with E-state index >= 15 is 0 Å². The summed E-state index contributed by atoms with van der Waals surface area (Å²) in [5.41, 5.74) is 7.94. The lowest BCUT2D eigenvalue weighted by Gasteiger charge is -2.27. The number of fused-ring (bicyclic) bond motifs is 1. The van der Waals surface area contributed by atoms with E-state index in [2.05, 4.69) is 11.4 Å². The summed E-state index contributed by atoms with van der Waals surface area (Å²) in [6, 6.07) is 8.11. The van der Waals surface area contributed by atoms with E-state index in [9.17, 15) is 4.79 Å². The summed E-state index contributed by atoms with van der Waals surface area (Å²) in [6.45, 7) is 1.11. The minimum absolute atomic E-state index is 0.0468. The van der Waals surface area contributed by atoms with Gasteiger partial charge in [0.15, 0.2) is 6.10 Å². The number of rotatable bonds is 4. The Labute approximate surface area is 113 Å². The van der Waals surface area contributed by atoms with Crippen LogP contribution in [0.1, 0.15) is 30.1 Å². The van der Waals surface area contributed by atoms with Crippen LogP contribution in [-0.2, 0) is 16.0 Å². The van der Waals surface area contributed by atoms with Gasteiger partial charge in [0.25, 0.3) is 5.91 Å². The molecule has 0 bridgehead atoms. The number of amides is 1. The molecule has 2 unspecified atom stereocenters. The van der Waals surface area contributed by atoms with E-state index in [-0.39, 0.29) is 11.9 Å². The molecule has 1 aliphatic heterocycles. The van der Waals surface area contributed by atoms with Crippen molar-refractivity contribution < 1.29 is 9.53 Å². The zero-order chi connectivity index (χ0) is 13.2. The summed E-state index contributed by atoms with van der Waals surface area (Å²) in [7, 11) is 0. The fraction of sp³-hybridized carbons (Fsp3) is 0.533. The molecule has 1 aliphatic carbocycles. The number of benzene rings is 1. The highest BCUT2D eigenvalue weighted by molar-refractivity contribution is 5.83. The second-order valence-electron chi connectivity index (χ2n) is 5.39. The van der Waals surface area contributed by atoms with E-state index in [0.717, 1.165) is 12.0 Å². The number of carbonyl (C=O) groups excluding carboxylic acids is 1. The van der Waals surface area contributed by atoms with Gasteiger partial charge < -0.3 is 15.8 Å². The summed E-state index contributed by atoms with van der Waals surface area (Å²) in [5.74, 6) is 0.516. The van der Waals surface area contributed by atoms with Gasteiger partial charge in [0.1, 0.15) is 0 Å². The maximum Gasteiger partial charge on any atom is 0.254 e. The second kappa shape index (κ2) is 5.31. The average Bonchev–Trinajstić information content (AvgIpc) is 3.28. The molecular formula is C15H20N2O2. The third-order valence-corrected chi connectivity index (χ3v) is 4.00. The number of ether oxygens (including phenoxy) is 1. The largest absolute Gasteiger partial charge is 0.363 e. The van der Waals surface area contributed by atoms with E-state index in [1.807, 2.05) is 18.2 Å². The third-order valence-electron chi connectivity index (χ3n) is 4.00. The zero-order valence-corrected chi connectivity index (χ0v) is 11.0. The fourth-order valence-corrected chi connectivity index (χ4v) is 2.74. The van der Waals surface area contributed by atoms with Crippen molar-refractivity contribution in [2.75, 3.05) is 13.2 Å². The van der Waals surface area contributed by atoms with Crippen LogP contribution in [0.2, 0.25) is 0 Å². The first kappa shape index (κ1) is 12.6. The molecule has 1 amide bonds. The van der Waals surface area contributed by atoms with Crippen molar-refractivity contribution in [1.29, 1.82) is 0 Å². The zero-order valence-electron chi connectivity index (χ0n) is 11.0. The van der Waals surface area contributed by atoms with Crippen LogP contribution in [0.25, 0.3) is 0 Å². The lowest BCUT2D eigenvalue weighted by Crippen LogP contribution is -2.45. The predicted molar refractivity (Wildman–Crippen MR) is 72.5 cm³/mol. The van der Waals surface area contributed by atoms with E-state index < -0.39 is 6.10 Å². The van der Waals surface area contributed by atoms with Gasteiger partial charge in [-0.25, -0.2) is 0 Å². The summed E-state index contributed by atoms with van der Waals surface area (Å²) in [5, 5.41) is 3.05. The van der Waals surface area contributed by atoms with Crippen LogP contribution in [0, 0.1) is 5.92 Å². The van der Waals surface area contributed by atoms with E-state index in [1.54, 1.807) is 0 Å². The molecule has 4 heteroatoms. The first-order valence-corrected chi connectivity index (χ1v) is 6.99. The van der Waals surface area contributed by atoms with Crippen LogP contribution in [-0.4, -0.2) is 25.1 Å². The summed E-state index contributed by atoms with van der Waals surface area (Å²) >= 11 is 0. The monoisotopic (exact) mass is 260 g/mol. The Bertz CT molecular complexity index is 471. The van der Waals surface area contributed by atoms with Crippen LogP contribution in [0.4, 0.5) is 0 Å². The van der Waals surface area contributed by atoms with Crippen molar-refractivity contribution >= 4 is 5.91 Å². The Hall–Kier alpha value is -1.39. The highest BCUT2D eigenvalue weighted by atomic mass is 16.5. The molecule has 0 spiro atoms. The molecule has 1 aromatic rings. The maximum atomic E-state index is 12.4. The molecule has 19 heavy (non-hydrogen) atoms. The first-order valence-electron chi connectivity index (χ1n) is 6.99. The van der Waals surface area contributed by atoms with Crippen LogP contribution < -0.4 is 11.1 Å². The molecule has 2 atom stereocenters. The predicted octanol–water partition coefficient (Wildman–Crippen LogP) is 1.15. The Kier molecular flexibility index (Phi) is 3.53. The number of carbonyl (C=O) groups is 1. The maximum absolute atomic E-state index is 12.4. The van der Waals surface area contributed by atoms with Gasteiger partial charge in [-0.3, -0.25) is 4.79 Å². The average molecular weight is 260 g/mol. The molecule has 1 fully saturated rings. The Balaban J connectivity index is 1.73. The third kappa shape index (κ3) is 2.65. The highest BCUT2D eigenvalue weighted by Gasteiger charge is 2.34. The van der Waals surface area contributed by atoms with Crippen molar-refractivity contribution in [3.8, 4) is 0 Å². The first-order chi connectivity index (χ1) is 9.29. The van der Waals surface area contributed by atoms with Gasteiger partial charge in [0.05, 0.1) is 6.61 Å². The summed E-state index contributed by atoms with van der Waals surface area (Å²) < 4.78 is 5.66. The number of nitrogens with one attached hydrogen (secondary N) is 1. The molecule has 1 saturated carbocycles. The molecule has 3 N–H and O–H groups in total. The number of hydrogen-bond donors (Lipinski definition) is 2. The Morgan fingerprint density at radius 2 is 2.21 bits per heavy atom. The van der Waals surface area contributed by atoms with Crippen LogP contribution in [0.15, 0.2) is 24.3 Å². The van der Waals surface area contributed by atoms with E-state index in [1.165, 1.54) is 18.4 Å². The number of nitrogens with two attached hydrogens (primary N) is 1. The van der Waals surface area contributed by atoms with Crippen molar-refractivity contribution in [3.63, 3.8) is 0 Å². The summed E-state index contributed by atoms with van der Waals surface area (Å²) in [6.07, 6.45) is 2.75. The minimum atomic E-state index is -0.474. The van der Waals surface area contributed by atoms with Gasteiger partial charge in [-0.15, -0.1) is 0 Å². The van der Waals surface area contributed by atoms with Crippen molar-refractivity contribution in [2.24, 2.45) is 11.7 Å². The Morgan fingerprint density at radius 1 is 1.42 bits per heavy atom. The van der Waals surface area contributed by atoms with Gasteiger partial charge in [0, 0.05) is 12.6 Å². The molecule has 1 aromatic carbocycles. The molecule has 102 valence electrons. The van der Waals surface area contributed by atoms with Gasteiger partial charge >= 0.3 is 0 Å². The molecule has 0 saturated heterocycles. The minimum Gasteiger partial charge on any atom is -0.363 e. The molecular weight excluding hydrogens is 240 g/mol. The van der Waals surface area contributed by atoms with Crippen LogP contribution in [0.5, 0.6) is 0 Å². The highest BCUT2D eigenvalue weighted by Crippen LogP contribution is 2.33. The van der Waals surface area contributed by atoms with E-state index in [4.69, 9.17) is 10.5 Å². The normalized spacial score (nSPS) is 23.5. The smallest absolute Gasteiger partial charge is 0.254 e. The summed E-state index contributed by atoms with van der Waals surface area (Å²) in [4.78, 5) is 12.4. The van der Waals surface area contributed by atoms with Gasteiger partial charge in [-0.05, 0) is 36.3 Å². The van der Waals surface area contributed by atoms with Crippen LogP contribution >= 0.6 is 0 Å². The molecule has 1 heterocycles. The van der Waals surface area contributed by atoms with Crippen molar-refractivity contribution in [3.05, 3.63) is 35.4 Å². The van der Waals surface area contributed by atoms with Crippen molar-refractivity contribution in [1.82, 2.24) is 5.32 Å². The van der Waals surface area contributed by atoms with E-state index in [0.29, 0.717) is 19.1 Å². The number of hydrogen-bond acceptors (Lipinski definition) is 3. The molecule has 3 rings (SSSR count). The molecule has 0 aromatic heterocycles. The standard InChI is InChI=1S/C15H20N2O2/c16-9-13(11-5-6-11)17-15(18)14-12-4-2-1-3-10(12)7-8-19-14/h1-4,11,13-14H,5-9,16H2,(H,17,18). The van der Waals surface area contributed by atoms with Gasteiger partial charge in [-0.2, -0.15) is 0 Å². The second-order valence-corrected chi connectivity index (χ2v) is 5.39. The molecule has 4 nitrogen and oxygen atoms in total. The van der Waals surface area contributed by atoms with Gasteiger partial charge in [-0.1, -0.05) is 24.3 Å². The quantitative estimate of drug-likeness (QED) is 0.853. The SMILES string of the molecule is NCC(NC(=O)C1OCCc2ccccc21)C1CC1. The molecule has 0 radical (unpaired) electrons. The van der Waals surface area contributed by atoms with Crippen LogP contribution in [0.3, 0.4) is 0 Å². The molecule has 2 aliphatic rings. The topological polar surface area (TPSA) is 64.3 Å². The lowest BCUT2D eigenvalue weighted by atomic mass is 9.97. The fourth-order valence-electron chi connectivity index (χ4n) is 2.74. The lowest BCUT2D eigenvalue weighted by molar-refractivity contribution is -0.135. The van der Waals surface area contributed by atoms with Crippen molar-refractivity contribution in [2.45, 2.75) is 31.4 Å². The van der Waals surface area contributed by atoms with Gasteiger partial charge in [0.2, 0.25) is 0 Å². The Morgan fingerprint density at radius 3 is 2.95 bits per heavy atom.